The van der Waals surface area contributed by atoms with Gasteiger partial charge in [0.25, 0.3) is 5.56 Å². The number of pyridine rings is 1. The molecule has 0 radical (unpaired) electrons. The van der Waals surface area contributed by atoms with Crippen LogP contribution in [0, 0.1) is 13.8 Å². The summed E-state index contributed by atoms with van der Waals surface area (Å²) in [5, 5.41) is 3.34. The molecule has 5 nitrogen and oxygen atoms in total. The predicted octanol–water partition coefficient (Wildman–Crippen LogP) is 3.58. The van der Waals surface area contributed by atoms with Crippen molar-refractivity contribution in [3.8, 4) is 11.4 Å². The number of benzene rings is 1. The Balaban J connectivity index is 1.84. The topological polar surface area (TPSA) is 60.9 Å². The lowest BCUT2D eigenvalue weighted by molar-refractivity contribution is -0.159. The molecular formula is C17H14F3N3O2. The monoisotopic (exact) mass is 349 g/mol. The molecule has 0 spiro atoms. The molecule has 0 unspecified atom stereocenters. The highest BCUT2D eigenvalue weighted by molar-refractivity contribution is 5.54. The van der Waals surface area contributed by atoms with Crippen LogP contribution in [0.5, 0.6) is 0 Å². The van der Waals surface area contributed by atoms with Gasteiger partial charge in [0.2, 0.25) is 5.82 Å². The summed E-state index contributed by atoms with van der Waals surface area (Å²) < 4.78 is 43.3. The molecule has 1 aromatic carbocycles. The van der Waals surface area contributed by atoms with Crippen LogP contribution in [-0.2, 0) is 12.7 Å². The molecule has 0 amide bonds. The SMILES string of the molecule is Cc1cc(C)n(Cc2ccc(-c3noc(C(F)(F)F)n3)cc2)c(=O)c1. The fourth-order valence-corrected chi connectivity index (χ4v) is 2.50. The Bertz CT molecular complexity index is 957. The molecule has 3 rings (SSSR count). The molecule has 0 fully saturated rings. The molecule has 2 aromatic heterocycles. The Labute approximate surface area is 140 Å². The zero-order chi connectivity index (χ0) is 18.2. The smallest absolute Gasteiger partial charge is 0.329 e. The predicted molar refractivity (Wildman–Crippen MR) is 84.0 cm³/mol. The molecule has 8 heteroatoms. The maximum absolute atomic E-state index is 12.5. The highest BCUT2D eigenvalue weighted by Gasteiger charge is 2.38. The lowest BCUT2D eigenvalue weighted by Crippen LogP contribution is -2.22. The molecule has 0 aliphatic rings. The maximum atomic E-state index is 12.5. The third-order valence-corrected chi connectivity index (χ3v) is 3.70. The molecule has 3 aromatic rings. The van der Waals surface area contributed by atoms with Gasteiger partial charge in [0.1, 0.15) is 0 Å². The van der Waals surface area contributed by atoms with E-state index in [2.05, 4.69) is 14.7 Å². The van der Waals surface area contributed by atoms with E-state index in [4.69, 9.17) is 0 Å². The van der Waals surface area contributed by atoms with Crippen molar-refractivity contribution in [1.29, 1.82) is 0 Å². The third kappa shape index (κ3) is 3.62. The molecule has 25 heavy (non-hydrogen) atoms. The van der Waals surface area contributed by atoms with Crippen LogP contribution >= 0.6 is 0 Å². The lowest BCUT2D eigenvalue weighted by Gasteiger charge is -2.10. The number of nitrogens with zero attached hydrogens (tertiary/aromatic N) is 3. The van der Waals surface area contributed by atoms with Gasteiger partial charge in [-0.15, -0.1) is 0 Å². The van der Waals surface area contributed by atoms with E-state index in [1.54, 1.807) is 34.9 Å². The van der Waals surface area contributed by atoms with Crippen LogP contribution in [-0.4, -0.2) is 14.7 Å². The molecular weight excluding hydrogens is 335 g/mol. The number of hydrogen-bond acceptors (Lipinski definition) is 4. The average Bonchev–Trinajstić information content (AvgIpc) is 3.01. The number of alkyl halides is 3. The number of rotatable bonds is 3. The Hall–Kier alpha value is -2.90. The first-order valence-corrected chi connectivity index (χ1v) is 7.42. The van der Waals surface area contributed by atoms with E-state index in [1.807, 2.05) is 19.9 Å². The summed E-state index contributed by atoms with van der Waals surface area (Å²) in [7, 11) is 0. The van der Waals surface area contributed by atoms with Crippen molar-refractivity contribution < 1.29 is 17.7 Å². The summed E-state index contributed by atoms with van der Waals surface area (Å²) in [6, 6.07) is 10.1. The number of hydrogen-bond donors (Lipinski definition) is 0. The van der Waals surface area contributed by atoms with Gasteiger partial charge in [-0.1, -0.05) is 29.4 Å². The zero-order valence-corrected chi connectivity index (χ0v) is 13.5. The van der Waals surface area contributed by atoms with Gasteiger partial charge in [-0.05, 0) is 31.0 Å². The second-order valence-corrected chi connectivity index (χ2v) is 5.72. The quantitative estimate of drug-likeness (QED) is 0.725. The van der Waals surface area contributed by atoms with E-state index in [0.717, 1.165) is 16.8 Å². The molecule has 0 saturated carbocycles. The van der Waals surface area contributed by atoms with Crippen molar-refractivity contribution in [3.63, 3.8) is 0 Å². The van der Waals surface area contributed by atoms with Gasteiger partial charge in [0.15, 0.2) is 0 Å². The van der Waals surface area contributed by atoms with E-state index in [9.17, 15) is 18.0 Å². The van der Waals surface area contributed by atoms with Gasteiger partial charge < -0.3 is 9.09 Å². The van der Waals surface area contributed by atoms with Crippen LogP contribution in [0.1, 0.15) is 22.7 Å². The molecule has 0 aliphatic heterocycles. The summed E-state index contributed by atoms with van der Waals surface area (Å²) in [5.74, 6) is -1.52. The molecule has 0 atom stereocenters. The van der Waals surface area contributed by atoms with Crippen molar-refractivity contribution in [2.24, 2.45) is 0 Å². The van der Waals surface area contributed by atoms with Crippen molar-refractivity contribution in [1.82, 2.24) is 14.7 Å². The van der Waals surface area contributed by atoms with Crippen LogP contribution in [0.15, 0.2) is 45.7 Å². The Kier molecular flexibility index (Phi) is 4.20. The standard InChI is InChI=1S/C17H14F3N3O2/c1-10-7-11(2)23(14(24)8-10)9-12-3-5-13(6-4-12)15-21-16(25-22-15)17(18,19)20/h3-8H,9H2,1-2H3. The number of aryl methyl sites for hydroxylation is 2. The largest absolute Gasteiger partial charge is 0.471 e. The summed E-state index contributed by atoms with van der Waals surface area (Å²) >= 11 is 0. The first kappa shape index (κ1) is 16.9. The minimum Gasteiger partial charge on any atom is -0.329 e. The van der Waals surface area contributed by atoms with Crippen molar-refractivity contribution in [2.45, 2.75) is 26.6 Å². The molecule has 0 bridgehead atoms. The number of aromatic nitrogens is 3. The summed E-state index contributed by atoms with van der Waals surface area (Å²) in [6.45, 7) is 4.07. The second kappa shape index (κ2) is 6.19. The summed E-state index contributed by atoms with van der Waals surface area (Å²) in [5.41, 5.74) is 2.86. The van der Waals surface area contributed by atoms with Crippen LogP contribution in [0.3, 0.4) is 0 Å². The van der Waals surface area contributed by atoms with Crippen molar-refractivity contribution >= 4 is 0 Å². The molecule has 0 aliphatic carbocycles. The number of halogens is 3. The summed E-state index contributed by atoms with van der Waals surface area (Å²) in [6.07, 6.45) is -4.67. The van der Waals surface area contributed by atoms with Crippen LogP contribution in [0.2, 0.25) is 0 Å². The van der Waals surface area contributed by atoms with E-state index in [-0.39, 0.29) is 11.4 Å². The molecule has 2 heterocycles. The highest BCUT2D eigenvalue weighted by Crippen LogP contribution is 2.29. The van der Waals surface area contributed by atoms with Gasteiger partial charge >= 0.3 is 12.1 Å². The first-order chi connectivity index (χ1) is 11.7. The first-order valence-electron chi connectivity index (χ1n) is 7.42. The Morgan fingerprint density at radius 3 is 2.36 bits per heavy atom. The third-order valence-electron chi connectivity index (χ3n) is 3.70. The highest BCUT2D eigenvalue weighted by atomic mass is 19.4. The van der Waals surface area contributed by atoms with Crippen LogP contribution < -0.4 is 5.56 Å². The Morgan fingerprint density at radius 1 is 1.12 bits per heavy atom. The fraction of sp³-hybridized carbons (Fsp3) is 0.235. The fourth-order valence-electron chi connectivity index (χ4n) is 2.50. The lowest BCUT2D eigenvalue weighted by atomic mass is 10.1. The minimum absolute atomic E-state index is 0.102. The van der Waals surface area contributed by atoms with Gasteiger partial charge in [-0.2, -0.15) is 18.2 Å². The van der Waals surface area contributed by atoms with Gasteiger partial charge in [0.05, 0.1) is 6.54 Å². The van der Waals surface area contributed by atoms with Gasteiger partial charge in [-0.25, -0.2) is 0 Å². The minimum atomic E-state index is -4.67. The second-order valence-electron chi connectivity index (χ2n) is 5.72. The van der Waals surface area contributed by atoms with E-state index >= 15 is 0 Å². The summed E-state index contributed by atoms with van der Waals surface area (Å²) in [4.78, 5) is 15.4. The molecule has 130 valence electrons. The van der Waals surface area contributed by atoms with Gasteiger partial charge in [0, 0.05) is 17.3 Å². The van der Waals surface area contributed by atoms with Crippen molar-refractivity contribution in [2.75, 3.05) is 0 Å². The van der Waals surface area contributed by atoms with Crippen LogP contribution in [0.25, 0.3) is 11.4 Å². The Morgan fingerprint density at radius 2 is 1.80 bits per heavy atom. The molecule has 0 saturated heterocycles. The van der Waals surface area contributed by atoms with E-state index < -0.39 is 12.1 Å². The molecule has 0 N–H and O–H groups in total. The van der Waals surface area contributed by atoms with E-state index in [0.29, 0.717) is 12.1 Å². The van der Waals surface area contributed by atoms with Crippen LogP contribution in [0.4, 0.5) is 13.2 Å². The van der Waals surface area contributed by atoms with E-state index in [1.165, 1.54) is 0 Å². The maximum Gasteiger partial charge on any atom is 0.471 e. The zero-order valence-electron chi connectivity index (χ0n) is 13.5. The van der Waals surface area contributed by atoms with Crippen molar-refractivity contribution in [3.05, 3.63) is 69.5 Å². The normalized spacial score (nSPS) is 11.7. The average molecular weight is 349 g/mol. The van der Waals surface area contributed by atoms with Gasteiger partial charge in [-0.3, -0.25) is 4.79 Å².